The standard InChI is InChI=1S/C22H26N2O2/c25-21(15-10-18-8-4-3-5-9-18)23-20-13-11-19(12-14-20)22(26)24-16-6-1-2-7-17-24/h3-5,8-9,11-14H,1-2,6-7,10,15-17H2,(H,23,25). The van der Waals surface area contributed by atoms with Crippen LogP contribution in [0.2, 0.25) is 0 Å². The zero-order valence-electron chi connectivity index (χ0n) is 15.1. The van der Waals surface area contributed by atoms with E-state index in [1.807, 2.05) is 47.4 Å². The number of aryl methyl sites for hydroxylation is 1. The van der Waals surface area contributed by atoms with Crippen molar-refractivity contribution in [2.45, 2.75) is 38.5 Å². The van der Waals surface area contributed by atoms with Crippen molar-refractivity contribution >= 4 is 17.5 Å². The Morgan fingerprint density at radius 1 is 0.846 bits per heavy atom. The fourth-order valence-electron chi connectivity index (χ4n) is 3.28. The van der Waals surface area contributed by atoms with Crippen molar-refractivity contribution in [1.82, 2.24) is 4.90 Å². The molecule has 2 aromatic carbocycles. The number of anilines is 1. The third-order valence-electron chi connectivity index (χ3n) is 4.79. The van der Waals surface area contributed by atoms with Crippen molar-refractivity contribution in [3.05, 3.63) is 65.7 Å². The predicted octanol–water partition coefficient (Wildman–Crippen LogP) is 4.27. The summed E-state index contributed by atoms with van der Waals surface area (Å²) < 4.78 is 0. The number of carbonyl (C=O) groups excluding carboxylic acids is 2. The minimum Gasteiger partial charge on any atom is -0.339 e. The normalized spacial score (nSPS) is 14.5. The molecule has 2 aromatic rings. The average molecular weight is 350 g/mol. The van der Waals surface area contributed by atoms with Crippen LogP contribution in [0.1, 0.15) is 48.0 Å². The SMILES string of the molecule is O=C(CCc1ccccc1)Nc1ccc(C(=O)N2CCCCCC2)cc1. The van der Waals surface area contributed by atoms with Crippen LogP contribution in [0.4, 0.5) is 5.69 Å². The van der Waals surface area contributed by atoms with Gasteiger partial charge in [-0.25, -0.2) is 0 Å². The molecule has 1 N–H and O–H groups in total. The first-order chi connectivity index (χ1) is 12.7. The number of carbonyl (C=O) groups is 2. The van der Waals surface area contributed by atoms with Crippen LogP contribution in [-0.2, 0) is 11.2 Å². The van der Waals surface area contributed by atoms with E-state index in [-0.39, 0.29) is 11.8 Å². The molecule has 3 rings (SSSR count). The number of amides is 2. The molecule has 0 bridgehead atoms. The van der Waals surface area contributed by atoms with Gasteiger partial charge < -0.3 is 10.2 Å². The minimum absolute atomic E-state index is 0.0135. The monoisotopic (exact) mass is 350 g/mol. The number of hydrogen-bond donors (Lipinski definition) is 1. The second-order valence-electron chi connectivity index (χ2n) is 6.82. The highest BCUT2D eigenvalue weighted by Gasteiger charge is 2.17. The smallest absolute Gasteiger partial charge is 0.253 e. The number of nitrogens with one attached hydrogen (secondary N) is 1. The zero-order chi connectivity index (χ0) is 18.2. The third kappa shape index (κ3) is 5.19. The lowest BCUT2D eigenvalue weighted by atomic mass is 10.1. The first-order valence-electron chi connectivity index (χ1n) is 9.45. The van der Waals surface area contributed by atoms with Gasteiger partial charge in [-0.05, 0) is 49.1 Å². The van der Waals surface area contributed by atoms with Gasteiger partial charge in [0.15, 0.2) is 0 Å². The molecule has 0 spiro atoms. The van der Waals surface area contributed by atoms with Gasteiger partial charge in [0.25, 0.3) is 5.91 Å². The fourth-order valence-corrected chi connectivity index (χ4v) is 3.28. The summed E-state index contributed by atoms with van der Waals surface area (Å²) in [5.41, 5.74) is 2.57. The molecule has 0 aliphatic carbocycles. The number of benzene rings is 2. The van der Waals surface area contributed by atoms with Crippen molar-refractivity contribution in [2.75, 3.05) is 18.4 Å². The topological polar surface area (TPSA) is 49.4 Å². The van der Waals surface area contributed by atoms with Crippen molar-refractivity contribution in [3.8, 4) is 0 Å². The van der Waals surface area contributed by atoms with Crippen LogP contribution < -0.4 is 5.32 Å². The van der Waals surface area contributed by atoms with Crippen LogP contribution in [0.25, 0.3) is 0 Å². The highest BCUT2D eigenvalue weighted by Crippen LogP contribution is 2.16. The highest BCUT2D eigenvalue weighted by atomic mass is 16.2. The van der Waals surface area contributed by atoms with Gasteiger partial charge >= 0.3 is 0 Å². The molecule has 0 saturated carbocycles. The van der Waals surface area contributed by atoms with E-state index >= 15 is 0 Å². The maximum Gasteiger partial charge on any atom is 0.253 e. The summed E-state index contributed by atoms with van der Waals surface area (Å²) in [5, 5.41) is 2.90. The minimum atomic E-state index is -0.0135. The van der Waals surface area contributed by atoms with E-state index < -0.39 is 0 Å². The Balaban J connectivity index is 1.52. The second-order valence-corrected chi connectivity index (χ2v) is 6.82. The summed E-state index contributed by atoms with van der Waals surface area (Å²) >= 11 is 0. The summed E-state index contributed by atoms with van der Waals surface area (Å²) in [4.78, 5) is 26.6. The maximum atomic E-state index is 12.6. The summed E-state index contributed by atoms with van der Waals surface area (Å²) in [5.74, 6) is 0.0781. The molecule has 1 aliphatic rings. The van der Waals surface area contributed by atoms with Crippen molar-refractivity contribution in [3.63, 3.8) is 0 Å². The molecule has 0 unspecified atom stereocenters. The maximum absolute atomic E-state index is 12.6. The van der Waals surface area contributed by atoms with Crippen molar-refractivity contribution in [2.24, 2.45) is 0 Å². The molecule has 0 radical (unpaired) electrons. The summed E-state index contributed by atoms with van der Waals surface area (Å²) in [6, 6.07) is 17.2. The van der Waals surface area contributed by atoms with Gasteiger partial charge in [0.1, 0.15) is 0 Å². The Labute approximate surface area is 155 Å². The number of hydrogen-bond acceptors (Lipinski definition) is 2. The van der Waals surface area contributed by atoms with Crippen LogP contribution in [0.15, 0.2) is 54.6 Å². The second kappa shape index (κ2) is 9.18. The van der Waals surface area contributed by atoms with E-state index in [1.54, 1.807) is 12.1 Å². The van der Waals surface area contributed by atoms with E-state index in [1.165, 1.54) is 12.8 Å². The molecule has 4 heteroatoms. The Bertz CT molecular complexity index is 718. The molecule has 2 amide bonds. The van der Waals surface area contributed by atoms with E-state index in [2.05, 4.69) is 5.32 Å². The van der Waals surface area contributed by atoms with Crippen molar-refractivity contribution in [1.29, 1.82) is 0 Å². The highest BCUT2D eigenvalue weighted by molar-refractivity contribution is 5.95. The predicted molar refractivity (Wildman–Crippen MR) is 104 cm³/mol. The molecule has 1 aliphatic heterocycles. The molecule has 0 atom stereocenters. The van der Waals surface area contributed by atoms with E-state index in [9.17, 15) is 9.59 Å². The zero-order valence-corrected chi connectivity index (χ0v) is 15.1. The van der Waals surface area contributed by atoms with Gasteiger partial charge in [-0.2, -0.15) is 0 Å². The van der Waals surface area contributed by atoms with Crippen molar-refractivity contribution < 1.29 is 9.59 Å². The first-order valence-corrected chi connectivity index (χ1v) is 9.45. The largest absolute Gasteiger partial charge is 0.339 e. The van der Waals surface area contributed by atoms with E-state index in [0.717, 1.165) is 43.6 Å². The molecule has 1 saturated heterocycles. The molecular formula is C22H26N2O2. The molecule has 136 valence electrons. The summed E-state index contributed by atoms with van der Waals surface area (Å²) in [6.45, 7) is 1.69. The quantitative estimate of drug-likeness (QED) is 0.875. The molecule has 26 heavy (non-hydrogen) atoms. The van der Waals surface area contributed by atoms with Gasteiger partial charge in [0.2, 0.25) is 5.91 Å². The van der Waals surface area contributed by atoms with Gasteiger partial charge in [0, 0.05) is 30.8 Å². The Kier molecular flexibility index (Phi) is 6.42. The fraction of sp³-hybridized carbons (Fsp3) is 0.364. The van der Waals surface area contributed by atoms with Crippen LogP contribution in [0, 0.1) is 0 Å². The Morgan fingerprint density at radius 2 is 1.50 bits per heavy atom. The third-order valence-corrected chi connectivity index (χ3v) is 4.79. The van der Waals surface area contributed by atoms with Crippen LogP contribution >= 0.6 is 0 Å². The molecule has 4 nitrogen and oxygen atoms in total. The van der Waals surface area contributed by atoms with E-state index in [0.29, 0.717) is 12.0 Å². The first kappa shape index (κ1) is 18.2. The van der Waals surface area contributed by atoms with Crippen LogP contribution in [0.3, 0.4) is 0 Å². The summed E-state index contributed by atoms with van der Waals surface area (Å²) in [7, 11) is 0. The van der Waals surface area contributed by atoms with Gasteiger partial charge in [-0.15, -0.1) is 0 Å². The van der Waals surface area contributed by atoms with Gasteiger partial charge in [-0.3, -0.25) is 9.59 Å². The lowest BCUT2D eigenvalue weighted by molar-refractivity contribution is -0.116. The van der Waals surface area contributed by atoms with Gasteiger partial charge in [-0.1, -0.05) is 43.2 Å². The molecule has 0 aromatic heterocycles. The lowest BCUT2D eigenvalue weighted by Crippen LogP contribution is -2.31. The lowest BCUT2D eigenvalue weighted by Gasteiger charge is -2.20. The molecular weight excluding hydrogens is 324 g/mol. The number of rotatable bonds is 5. The molecule has 1 heterocycles. The number of likely N-dealkylation sites (tertiary alicyclic amines) is 1. The Morgan fingerprint density at radius 3 is 2.15 bits per heavy atom. The molecule has 1 fully saturated rings. The van der Waals surface area contributed by atoms with Crippen LogP contribution in [0.5, 0.6) is 0 Å². The average Bonchev–Trinajstić information content (AvgIpc) is 2.97. The van der Waals surface area contributed by atoms with Crippen LogP contribution in [-0.4, -0.2) is 29.8 Å². The van der Waals surface area contributed by atoms with Gasteiger partial charge in [0.05, 0.1) is 0 Å². The Hall–Kier alpha value is -2.62. The van der Waals surface area contributed by atoms with E-state index in [4.69, 9.17) is 0 Å². The summed E-state index contributed by atoms with van der Waals surface area (Å²) in [6.07, 6.45) is 5.74. The number of nitrogens with zero attached hydrogens (tertiary/aromatic N) is 1.